The fourth-order valence-corrected chi connectivity index (χ4v) is 1.80. The Balaban J connectivity index is 2.73. The van der Waals surface area contributed by atoms with E-state index in [0.717, 1.165) is 11.5 Å². The van der Waals surface area contributed by atoms with E-state index < -0.39 is 0 Å². The molecule has 0 radical (unpaired) electrons. The maximum absolute atomic E-state index is 4.63. The van der Waals surface area contributed by atoms with Crippen LogP contribution in [0.1, 0.15) is 12.6 Å². The molecule has 82 valence electrons. The summed E-state index contributed by atoms with van der Waals surface area (Å²) in [7, 11) is 4.04. The third-order valence-electron chi connectivity index (χ3n) is 2.50. The van der Waals surface area contributed by atoms with Crippen LogP contribution in [0.2, 0.25) is 0 Å². The van der Waals surface area contributed by atoms with Crippen molar-refractivity contribution in [2.75, 3.05) is 19.0 Å². The molecule has 0 spiro atoms. The van der Waals surface area contributed by atoms with Crippen LogP contribution in [0.15, 0.2) is 36.4 Å². The maximum atomic E-state index is 4.63. The molecule has 0 aliphatic heterocycles. The van der Waals surface area contributed by atoms with Gasteiger partial charge in [-0.05, 0) is 24.5 Å². The van der Waals surface area contributed by atoms with Crippen molar-refractivity contribution in [2.45, 2.75) is 6.92 Å². The molecule has 1 aromatic heterocycles. The van der Waals surface area contributed by atoms with Gasteiger partial charge in [-0.1, -0.05) is 30.3 Å². The third kappa shape index (κ3) is 1.91. The van der Waals surface area contributed by atoms with Crippen LogP contribution >= 0.6 is 0 Å². The standard InChI is InChI=1S/C14H16N2/c1-4-7-12-10-11-8-5-6-9-13(11)14(15-12)16(2)3/h4-10H,1-3H3. The highest BCUT2D eigenvalue weighted by molar-refractivity contribution is 5.93. The number of benzene rings is 1. The van der Waals surface area contributed by atoms with E-state index >= 15 is 0 Å². The van der Waals surface area contributed by atoms with E-state index in [-0.39, 0.29) is 0 Å². The lowest BCUT2D eigenvalue weighted by Gasteiger charge is -2.15. The van der Waals surface area contributed by atoms with Gasteiger partial charge < -0.3 is 4.90 Å². The van der Waals surface area contributed by atoms with Gasteiger partial charge in [0.1, 0.15) is 5.82 Å². The van der Waals surface area contributed by atoms with E-state index in [1.54, 1.807) is 0 Å². The summed E-state index contributed by atoms with van der Waals surface area (Å²) in [5.41, 5.74) is 1.00. The van der Waals surface area contributed by atoms with Crippen molar-refractivity contribution >= 4 is 22.7 Å². The van der Waals surface area contributed by atoms with Crippen molar-refractivity contribution in [3.63, 3.8) is 0 Å². The molecule has 2 aromatic rings. The Bertz CT molecular complexity index is 527. The Hall–Kier alpha value is -1.83. The van der Waals surface area contributed by atoms with Crippen LogP contribution in [0, 0.1) is 0 Å². The second kappa shape index (κ2) is 4.35. The van der Waals surface area contributed by atoms with Crippen LogP contribution in [0.3, 0.4) is 0 Å². The quantitative estimate of drug-likeness (QED) is 0.759. The Morgan fingerprint density at radius 3 is 2.62 bits per heavy atom. The average molecular weight is 212 g/mol. The van der Waals surface area contributed by atoms with Crippen molar-refractivity contribution in [2.24, 2.45) is 0 Å². The first-order valence-electron chi connectivity index (χ1n) is 5.42. The molecule has 1 heterocycles. The topological polar surface area (TPSA) is 16.1 Å². The molecule has 0 N–H and O–H groups in total. The first-order valence-corrected chi connectivity index (χ1v) is 5.42. The van der Waals surface area contributed by atoms with Crippen LogP contribution in [0.4, 0.5) is 5.82 Å². The zero-order chi connectivity index (χ0) is 11.5. The molecule has 0 unspecified atom stereocenters. The first kappa shape index (κ1) is 10.7. The monoisotopic (exact) mass is 212 g/mol. The van der Waals surface area contributed by atoms with Crippen LogP contribution in [0.5, 0.6) is 0 Å². The van der Waals surface area contributed by atoms with E-state index in [4.69, 9.17) is 0 Å². The molecule has 2 heteroatoms. The maximum Gasteiger partial charge on any atom is 0.136 e. The van der Waals surface area contributed by atoms with E-state index in [2.05, 4.69) is 34.1 Å². The molecule has 0 atom stereocenters. The second-order valence-electron chi connectivity index (χ2n) is 3.99. The highest BCUT2D eigenvalue weighted by Gasteiger charge is 2.05. The molecule has 0 aliphatic rings. The van der Waals surface area contributed by atoms with Crippen LogP contribution in [-0.2, 0) is 0 Å². The lowest BCUT2D eigenvalue weighted by Crippen LogP contribution is -2.11. The highest BCUT2D eigenvalue weighted by atomic mass is 15.1. The predicted molar refractivity (Wildman–Crippen MR) is 70.8 cm³/mol. The zero-order valence-corrected chi connectivity index (χ0v) is 9.94. The van der Waals surface area contributed by atoms with Gasteiger partial charge in [-0.25, -0.2) is 4.98 Å². The summed E-state index contributed by atoms with van der Waals surface area (Å²) in [5, 5.41) is 2.43. The van der Waals surface area contributed by atoms with Gasteiger partial charge in [0.2, 0.25) is 0 Å². The minimum absolute atomic E-state index is 1.00. The summed E-state index contributed by atoms with van der Waals surface area (Å²) in [6, 6.07) is 10.4. The number of pyridine rings is 1. The minimum atomic E-state index is 1.00. The Morgan fingerprint density at radius 1 is 1.19 bits per heavy atom. The number of hydrogen-bond acceptors (Lipinski definition) is 2. The number of nitrogens with zero attached hydrogens (tertiary/aromatic N) is 2. The summed E-state index contributed by atoms with van der Waals surface area (Å²) in [6.07, 6.45) is 4.04. The van der Waals surface area contributed by atoms with Crippen LogP contribution in [0.25, 0.3) is 16.8 Å². The fourth-order valence-electron chi connectivity index (χ4n) is 1.80. The van der Waals surface area contributed by atoms with Gasteiger partial charge >= 0.3 is 0 Å². The normalized spacial score (nSPS) is 11.2. The molecule has 2 rings (SSSR count). The lowest BCUT2D eigenvalue weighted by atomic mass is 10.1. The number of aromatic nitrogens is 1. The van der Waals surface area contributed by atoms with Crippen molar-refractivity contribution in [1.82, 2.24) is 4.98 Å². The fraction of sp³-hybridized carbons (Fsp3) is 0.214. The van der Waals surface area contributed by atoms with Gasteiger partial charge in [0.05, 0.1) is 5.69 Å². The summed E-state index contributed by atoms with van der Waals surface area (Å²) in [5.74, 6) is 1.02. The minimum Gasteiger partial charge on any atom is -0.362 e. The number of rotatable bonds is 2. The molecular formula is C14H16N2. The Labute approximate surface area is 96.2 Å². The number of anilines is 1. The van der Waals surface area contributed by atoms with E-state index in [9.17, 15) is 0 Å². The molecule has 2 nitrogen and oxygen atoms in total. The van der Waals surface area contributed by atoms with Gasteiger partial charge in [-0.15, -0.1) is 0 Å². The molecule has 0 fully saturated rings. The second-order valence-corrected chi connectivity index (χ2v) is 3.99. The van der Waals surface area contributed by atoms with Gasteiger partial charge in [-0.3, -0.25) is 0 Å². The van der Waals surface area contributed by atoms with Crippen molar-refractivity contribution in [3.8, 4) is 0 Å². The molecule has 0 saturated carbocycles. The molecule has 0 aliphatic carbocycles. The number of hydrogen-bond donors (Lipinski definition) is 0. The van der Waals surface area contributed by atoms with Crippen LogP contribution in [-0.4, -0.2) is 19.1 Å². The van der Waals surface area contributed by atoms with Crippen molar-refractivity contribution in [3.05, 3.63) is 42.1 Å². The van der Waals surface area contributed by atoms with Crippen molar-refractivity contribution < 1.29 is 0 Å². The summed E-state index contributed by atoms with van der Waals surface area (Å²) < 4.78 is 0. The molecule has 0 amide bonds. The van der Waals surface area contributed by atoms with Crippen LogP contribution < -0.4 is 4.90 Å². The van der Waals surface area contributed by atoms with Crippen molar-refractivity contribution in [1.29, 1.82) is 0 Å². The van der Waals surface area contributed by atoms with E-state index in [0.29, 0.717) is 0 Å². The first-order chi connectivity index (χ1) is 7.72. The summed E-state index contributed by atoms with van der Waals surface area (Å²) in [6.45, 7) is 2.01. The third-order valence-corrected chi connectivity index (χ3v) is 2.50. The van der Waals surface area contributed by atoms with Gasteiger partial charge in [-0.2, -0.15) is 0 Å². The van der Waals surface area contributed by atoms with E-state index in [1.165, 1.54) is 10.8 Å². The molecule has 0 saturated heterocycles. The number of allylic oxidation sites excluding steroid dienone is 1. The van der Waals surface area contributed by atoms with Gasteiger partial charge in [0, 0.05) is 19.5 Å². The Kier molecular flexibility index (Phi) is 2.91. The molecule has 0 bridgehead atoms. The molecular weight excluding hydrogens is 196 g/mol. The molecule has 1 aromatic carbocycles. The highest BCUT2D eigenvalue weighted by Crippen LogP contribution is 2.24. The average Bonchev–Trinajstić information content (AvgIpc) is 2.28. The predicted octanol–water partition coefficient (Wildman–Crippen LogP) is 3.33. The zero-order valence-electron chi connectivity index (χ0n) is 9.94. The van der Waals surface area contributed by atoms with Gasteiger partial charge in [0.25, 0.3) is 0 Å². The Morgan fingerprint density at radius 2 is 1.94 bits per heavy atom. The van der Waals surface area contributed by atoms with Gasteiger partial charge in [0.15, 0.2) is 0 Å². The molecule has 16 heavy (non-hydrogen) atoms. The van der Waals surface area contributed by atoms with E-state index in [1.807, 2.05) is 39.2 Å². The lowest BCUT2D eigenvalue weighted by molar-refractivity contribution is 1.08. The SMILES string of the molecule is CC=Cc1cc2ccccc2c(N(C)C)n1. The number of fused-ring (bicyclic) bond motifs is 1. The summed E-state index contributed by atoms with van der Waals surface area (Å²) in [4.78, 5) is 6.68. The summed E-state index contributed by atoms with van der Waals surface area (Å²) >= 11 is 0. The largest absolute Gasteiger partial charge is 0.362 e. The smallest absolute Gasteiger partial charge is 0.136 e.